The predicted molar refractivity (Wildman–Crippen MR) is 199 cm³/mol. The number of hydrogen-bond acceptors (Lipinski definition) is 10. The smallest absolute Gasteiger partial charge is 0.255 e. The highest BCUT2D eigenvalue weighted by Crippen LogP contribution is 2.39. The third kappa shape index (κ3) is 7.18. The molecule has 5 amide bonds. The van der Waals surface area contributed by atoms with E-state index in [-0.39, 0.29) is 43.5 Å². The van der Waals surface area contributed by atoms with Crippen LogP contribution >= 0.6 is 22.9 Å². The van der Waals surface area contributed by atoms with Gasteiger partial charge in [0.1, 0.15) is 22.9 Å². The normalized spacial score (nSPS) is 17.7. The van der Waals surface area contributed by atoms with Crippen LogP contribution in [0.1, 0.15) is 93.7 Å². The van der Waals surface area contributed by atoms with Crippen LogP contribution < -0.4 is 21.5 Å². The van der Waals surface area contributed by atoms with Gasteiger partial charge in [-0.05, 0) is 69.9 Å². The van der Waals surface area contributed by atoms with Crippen molar-refractivity contribution in [2.45, 2.75) is 77.9 Å². The molecule has 0 radical (unpaired) electrons. The zero-order valence-corrected chi connectivity index (χ0v) is 31.0. The molecule has 3 aliphatic rings. The molecule has 16 heteroatoms. The molecule has 1 fully saturated rings. The van der Waals surface area contributed by atoms with Crippen LogP contribution in [0.15, 0.2) is 47.5 Å². The third-order valence-electron chi connectivity index (χ3n) is 9.81. The number of hydrazine groups is 1. The first-order valence-electron chi connectivity index (χ1n) is 17.4. The van der Waals surface area contributed by atoms with Crippen LogP contribution in [0, 0.1) is 20.8 Å². The monoisotopic (exact) mass is 755 g/mol. The number of nitrogens with one attached hydrogen (secondary N) is 4. The first-order valence-corrected chi connectivity index (χ1v) is 18.6. The van der Waals surface area contributed by atoms with Crippen molar-refractivity contribution in [2.75, 3.05) is 11.9 Å². The van der Waals surface area contributed by atoms with Crippen molar-refractivity contribution in [3.63, 3.8) is 0 Å². The van der Waals surface area contributed by atoms with Gasteiger partial charge in [0.25, 0.3) is 5.91 Å². The van der Waals surface area contributed by atoms with Crippen LogP contribution in [-0.2, 0) is 25.7 Å². The Labute approximate surface area is 314 Å². The molecule has 7 rings (SSSR count). The van der Waals surface area contributed by atoms with Crippen molar-refractivity contribution in [3.05, 3.63) is 91.8 Å². The lowest BCUT2D eigenvalue weighted by Crippen LogP contribution is -2.52. The van der Waals surface area contributed by atoms with Gasteiger partial charge in [-0.15, -0.1) is 21.5 Å². The van der Waals surface area contributed by atoms with Gasteiger partial charge in [-0.3, -0.25) is 49.7 Å². The van der Waals surface area contributed by atoms with E-state index in [2.05, 4.69) is 45.5 Å². The maximum Gasteiger partial charge on any atom is 0.255 e. The number of thiophene rings is 1. The summed E-state index contributed by atoms with van der Waals surface area (Å²) in [5.41, 5.74) is 10.8. The lowest BCUT2D eigenvalue weighted by molar-refractivity contribution is -0.137. The molecule has 274 valence electrons. The molecular formula is C37H38ClN9O5S. The van der Waals surface area contributed by atoms with E-state index in [0.717, 1.165) is 43.5 Å². The molecule has 1 saturated heterocycles. The molecule has 2 atom stereocenters. The minimum atomic E-state index is -0.682. The molecule has 3 aliphatic heterocycles. The summed E-state index contributed by atoms with van der Waals surface area (Å²) < 4.78 is 1.97. The van der Waals surface area contributed by atoms with Crippen LogP contribution in [-0.4, -0.2) is 67.5 Å². The number of carbonyl (C=O) groups is 5. The van der Waals surface area contributed by atoms with Crippen molar-refractivity contribution in [2.24, 2.45) is 4.99 Å². The Bertz CT molecular complexity index is 2180. The van der Waals surface area contributed by atoms with Crippen molar-refractivity contribution >= 4 is 63.9 Å². The number of piperidine rings is 1. The average Bonchev–Trinajstić information content (AvgIpc) is 3.75. The summed E-state index contributed by atoms with van der Waals surface area (Å²) in [7, 11) is 0. The van der Waals surface area contributed by atoms with Gasteiger partial charge in [-0.25, -0.2) is 0 Å². The molecular weight excluding hydrogens is 718 g/mol. The average molecular weight is 756 g/mol. The van der Waals surface area contributed by atoms with Crippen LogP contribution in [0.3, 0.4) is 0 Å². The first kappa shape index (κ1) is 36.0. The fraction of sp³-hybridized carbons (Fsp3) is 0.351. The zero-order valence-electron chi connectivity index (χ0n) is 29.4. The first-order chi connectivity index (χ1) is 25.5. The van der Waals surface area contributed by atoms with Crippen molar-refractivity contribution in [3.8, 4) is 5.00 Å². The van der Waals surface area contributed by atoms with Crippen molar-refractivity contribution < 1.29 is 24.0 Å². The Balaban J connectivity index is 0.928. The summed E-state index contributed by atoms with van der Waals surface area (Å²) in [6.45, 7) is 6.81. The number of hydrogen-bond donors (Lipinski definition) is 4. The molecule has 0 saturated carbocycles. The Morgan fingerprint density at radius 2 is 1.77 bits per heavy atom. The summed E-state index contributed by atoms with van der Waals surface area (Å²) in [6.07, 6.45) is 1.81. The summed E-state index contributed by atoms with van der Waals surface area (Å²) in [5.74, 6) is -0.538. The van der Waals surface area contributed by atoms with Crippen LogP contribution in [0.25, 0.3) is 5.00 Å². The maximum atomic E-state index is 13.2. The van der Waals surface area contributed by atoms with Crippen LogP contribution in [0.2, 0.25) is 5.02 Å². The summed E-state index contributed by atoms with van der Waals surface area (Å²) in [5, 5.41) is 16.0. The molecule has 5 heterocycles. The van der Waals surface area contributed by atoms with Gasteiger partial charge in [0, 0.05) is 63.8 Å². The number of rotatable bonds is 10. The molecule has 4 N–H and O–H groups in total. The van der Waals surface area contributed by atoms with Crippen molar-refractivity contribution in [1.82, 2.24) is 35.8 Å². The van der Waals surface area contributed by atoms with Gasteiger partial charge in [-0.1, -0.05) is 29.8 Å². The summed E-state index contributed by atoms with van der Waals surface area (Å²) in [4.78, 5) is 70.8. The largest absolute Gasteiger partial charge is 0.385 e. The second-order valence-corrected chi connectivity index (χ2v) is 15.0. The number of imide groups is 1. The van der Waals surface area contributed by atoms with E-state index in [0.29, 0.717) is 48.0 Å². The molecule has 14 nitrogen and oxygen atoms in total. The molecule has 1 unspecified atom stereocenters. The number of anilines is 1. The van der Waals surface area contributed by atoms with Crippen LogP contribution in [0.5, 0.6) is 0 Å². The lowest BCUT2D eigenvalue weighted by Gasteiger charge is -2.29. The number of halogens is 1. The predicted octanol–water partition coefficient (Wildman–Crippen LogP) is 4.38. The summed E-state index contributed by atoms with van der Waals surface area (Å²) >= 11 is 7.83. The van der Waals surface area contributed by atoms with E-state index < -0.39 is 23.9 Å². The Morgan fingerprint density at radius 3 is 2.55 bits per heavy atom. The Morgan fingerprint density at radius 1 is 1.00 bits per heavy atom. The Kier molecular flexibility index (Phi) is 10.1. The van der Waals surface area contributed by atoms with Crippen molar-refractivity contribution in [1.29, 1.82) is 0 Å². The standard InChI is InChI=1S/C37H38ClN9O5S/c1-19-20(2)53-37-32(19)33(22-10-12-23(38)13-11-22)40-27(34-45-42-21(3)47(34)37)17-31(50)44-43-30(49)9-4-5-16-39-26-8-6-7-24-25(26)18-46(36(24)52)28-14-15-29(48)41-35(28)51/h6-8,10-13,27-28,39H,4-5,9,14-18H2,1-3H3,(H,43,49)(H,44,50)(H,41,48,51)/t27-,28?/m0/s1. The van der Waals surface area contributed by atoms with E-state index >= 15 is 0 Å². The number of amides is 5. The van der Waals surface area contributed by atoms with Gasteiger partial charge in [-0.2, -0.15) is 0 Å². The number of nitrogens with zero attached hydrogens (tertiary/aromatic N) is 5. The highest BCUT2D eigenvalue weighted by Gasteiger charge is 2.40. The molecule has 4 aromatic rings. The molecule has 2 aromatic carbocycles. The van der Waals surface area contributed by atoms with Gasteiger partial charge >= 0.3 is 0 Å². The molecule has 0 spiro atoms. The van der Waals surface area contributed by atoms with E-state index in [4.69, 9.17) is 16.6 Å². The number of fused-ring (bicyclic) bond motifs is 4. The van der Waals surface area contributed by atoms with Gasteiger partial charge in [0.05, 0.1) is 12.1 Å². The van der Waals surface area contributed by atoms with Crippen LogP contribution in [0.4, 0.5) is 5.69 Å². The topological polar surface area (TPSA) is 180 Å². The quantitative estimate of drug-likeness (QED) is 0.105. The number of carbonyl (C=O) groups excluding carboxylic acids is 5. The number of aliphatic imine (C=N–C) groups is 1. The van der Waals surface area contributed by atoms with Gasteiger partial charge < -0.3 is 10.2 Å². The van der Waals surface area contributed by atoms with Gasteiger partial charge in [0.15, 0.2) is 5.82 Å². The zero-order chi connectivity index (χ0) is 37.4. The second-order valence-electron chi connectivity index (χ2n) is 13.3. The fourth-order valence-corrected chi connectivity index (χ4v) is 8.29. The summed E-state index contributed by atoms with van der Waals surface area (Å²) in [6, 6.07) is 11.5. The van der Waals surface area contributed by atoms with E-state index in [1.165, 1.54) is 4.90 Å². The molecule has 2 aromatic heterocycles. The van der Waals surface area contributed by atoms with E-state index in [1.807, 2.05) is 41.8 Å². The number of benzene rings is 2. The molecule has 0 bridgehead atoms. The highest BCUT2D eigenvalue weighted by molar-refractivity contribution is 7.15. The van der Waals surface area contributed by atoms with Gasteiger partial charge in [0.2, 0.25) is 23.6 Å². The minimum Gasteiger partial charge on any atom is -0.385 e. The number of aromatic nitrogens is 3. The SMILES string of the molecule is Cc1sc2c(c1C)C(c1ccc(Cl)cc1)=N[C@@H](CC(=O)NNC(=O)CCCCNc1cccc3c1CN(C1CCC(=O)NC1=O)C3=O)c1nnc(C)n1-2. The highest BCUT2D eigenvalue weighted by atomic mass is 35.5. The number of aryl methyl sites for hydroxylation is 2. The van der Waals surface area contributed by atoms with E-state index in [1.54, 1.807) is 23.5 Å². The second kappa shape index (κ2) is 14.9. The Hall–Kier alpha value is -5.41. The molecule has 53 heavy (non-hydrogen) atoms. The molecule has 0 aliphatic carbocycles. The van der Waals surface area contributed by atoms with E-state index in [9.17, 15) is 24.0 Å². The number of unbranched alkanes of at least 4 members (excludes halogenated alkanes) is 1. The lowest BCUT2D eigenvalue weighted by atomic mass is 9.99. The maximum absolute atomic E-state index is 13.2. The third-order valence-corrected chi connectivity index (χ3v) is 11.2. The fourth-order valence-electron chi connectivity index (χ4n) is 6.95. The minimum absolute atomic E-state index is 0.0722.